The number of phenols is 1. The van der Waals surface area contributed by atoms with Gasteiger partial charge in [-0.25, -0.2) is 0 Å². The van der Waals surface area contributed by atoms with Crippen LogP contribution in [0.3, 0.4) is 0 Å². The van der Waals surface area contributed by atoms with E-state index in [0.717, 1.165) is 36.8 Å². The molecule has 4 nitrogen and oxygen atoms in total. The highest BCUT2D eigenvalue weighted by atomic mass is 79.9. The number of rotatable bonds is 2. The second kappa shape index (κ2) is 6.36. The van der Waals surface area contributed by atoms with Gasteiger partial charge in [-0.3, -0.25) is 4.79 Å². The van der Waals surface area contributed by atoms with Crippen LogP contribution in [0.5, 0.6) is 5.75 Å². The number of hydrogen-bond donors (Lipinski definition) is 2. The van der Waals surface area contributed by atoms with Gasteiger partial charge in [0.25, 0.3) is 5.91 Å². The van der Waals surface area contributed by atoms with Crippen LogP contribution in [0.25, 0.3) is 0 Å². The van der Waals surface area contributed by atoms with E-state index in [9.17, 15) is 9.90 Å². The highest BCUT2D eigenvalue weighted by Crippen LogP contribution is 2.29. The van der Waals surface area contributed by atoms with Gasteiger partial charge in [0.2, 0.25) is 0 Å². The molecule has 114 valence electrons. The topological polar surface area (TPSA) is 52.6 Å². The van der Waals surface area contributed by atoms with Crippen molar-refractivity contribution in [1.82, 2.24) is 10.2 Å². The van der Waals surface area contributed by atoms with Gasteiger partial charge in [0.15, 0.2) is 0 Å². The number of hydrogen-bond acceptors (Lipinski definition) is 3. The average molecular weight is 353 g/mol. The molecule has 2 heterocycles. The highest BCUT2D eigenvalue weighted by Gasteiger charge is 2.35. The zero-order valence-corrected chi connectivity index (χ0v) is 13.6. The van der Waals surface area contributed by atoms with Crippen LogP contribution in [0.15, 0.2) is 22.7 Å². The third kappa shape index (κ3) is 3.09. The Kier molecular flexibility index (Phi) is 4.50. The van der Waals surface area contributed by atoms with Gasteiger partial charge in [-0.15, -0.1) is 0 Å². The third-order valence-corrected chi connectivity index (χ3v) is 5.06. The minimum atomic E-state index is -0.0489. The number of amides is 1. The summed E-state index contributed by atoms with van der Waals surface area (Å²) in [6.07, 6.45) is 5.60. The zero-order valence-electron chi connectivity index (χ0n) is 12.0. The van der Waals surface area contributed by atoms with Crippen LogP contribution in [-0.4, -0.2) is 41.1 Å². The largest absolute Gasteiger partial charge is 0.507 e. The minimum Gasteiger partial charge on any atom is -0.507 e. The molecule has 2 unspecified atom stereocenters. The summed E-state index contributed by atoms with van der Waals surface area (Å²) in [7, 11) is 0. The molecular formula is C16H21BrN2O2. The summed E-state index contributed by atoms with van der Waals surface area (Å²) in [6, 6.07) is 5.70. The van der Waals surface area contributed by atoms with Crippen molar-refractivity contribution in [2.24, 2.45) is 0 Å². The van der Waals surface area contributed by atoms with Crippen molar-refractivity contribution in [2.45, 2.75) is 44.2 Å². The van der Waals surface area contributed by atoms with Crippen molar-refractivity contribution in [2.75, 3.05) is 13.1 Å². The van der Waals surface area contributed by atoms with E-state index in [2.05, 4.69) is 21.2 Å². The summed E-state index contributed by atoms with van der Waals surface area (Å²) in [5, 5.41) is 13.5. The Morgan fingerprint density at radius 2 is 2.14 bits per heavy atom. The van der Waals surface area contributed by atoms with Gasteiger partial charge < -0.3 is 15.3 Å². The molecule has 2 fully saturated rings. The number of likely N-dealkylation sites (tertiary alicyclic amines) is 1. The maximum absolute atomic E-state index is 12.9. The summed E-state index contributed by atoms with van der Waals surface area (Å²) in [6.45, 7) is 1.83. The summed E-state index contributed by atoms with van der Waals surface area (Å²) in [5.41, 5.74) is 0.397. The molecular weight excluding hydrogens is 332 g/mol. The van der Waals surface area contributed by atoms with Gasteiger partial charge in [-0.1, -0.05) is 15.9 Å². The first kappa shape index (κ1) is 14.9. The van der Waals surface area contributed by atoms with Crippen LogP contribution in [0.4, 0.5) is 0 Å². The lowest BCUT2D eigenvalue weighted by molar-refractivity contribution is 0.0560. The molecule has 0 saturated carbocycles. The van der Waals surface area contributed by atoms with E-state index in [4.69, 9.17) is 0 Å². The van der Waals surface area contributed by atoms with Crippen molar-refractivity contribution in [3.8, 4) is 5.75 Å². The number of benzene rings is 1. The van der Waals surface area contributed by atoms with Crippen molar-refractivity contribution >= 4 is 21.8 Å². The average Bonchev–Trinajstić information content (AvgIpc) is 3.03. The van der Waals surface area contributed by atoms with E-state index in [1.54, 1.807) is 18.2 Å². The second-order valence-corrected chi connectivity index (χ2v) is 6.84. The van der Waals surface area contributed by atoms with Crippen LogP contribution in [-0.2, 0) is 0 Å². The number of phenolic OH excluding ortho intramolecular Hbond substituents is 1. The first-order valence-electron chi connectivity index (χ1n) is 7.69. The lowest BCUT2D eigenvalue weighted by Gasteiger charge is -2.39. The SMILES string of the molecule is O=C(c1cc(Br)ccc1O)N1CCCCC1C1CCCN1. The molecule has 0 aliphatic carbocycles. The summed E-state index contributed by atoms with van der Waals surface area (Å²) < 4.78 is 0.816. The summed E-state index contributed by atoms with van der Waals surface area (Å²) in [5.74, 6) is 0.0131. The monoisotopic (exact) mass is 352 g/mol. The maximum atomic E-state index is 12.9. The van der Waals surface area contributed by atoms with E-state index in [1.807, 2.05) is 4.90 Å². The number of carbonyl (C=O) groups is 1. The van der Waals surface area contributed by atoms with Crippen LogP contribution >= 0.6 is 15.9 Å². The smallest absolute Gasteiger partial charge is 0.257 e. The lowest BCUT2D eigenvalue weighted by atomic mass is 9.93. The molecule has 1 amide bonds. The molecule has 2 atom stereocenters. The summed E-state index contributed by atoms with van der Waals surface area (Å²) >= 11 is 3.38. The molecule has 0 bridgehead atoms. The van der Waals surface area contributed by atoms with Gasteiger partial charge in [0.05, 0.1) is 5.56 Å². The number of nitrogens with zero attached hydrogens (tertiary/aromatic N) is 1. The molecule has 2 N–H and O–H groups in total. The normalized spacial score (nSPS) is 26.0. The fourth-order valence-electron chi connectivity index (χ4n) is 3.50. The third-order valence-electron chi connectivity index (χ3n) is 4.56. The number of nitrogens with one attached hydrogen (secondary N) is 1. The standard InChI is InChI=1S/C16H21BrN2O2/c17-11-6-7-15(20)12(10-11)16(21)19-9-2-1-5-14(19)13-4-3-8-18-13/h6-7,10,13-14,18,20H,1-5,8-9H2. The second-order valence-electron chi connectivity index (χ2n) is 5.93. The highest BCUT2D eigenvalue weighted by molar-refractivity contribution is 9.10. The molecule has 21 heavy (non-hydrogen) atoms. The number of piperidine rings is 1. The first-order valence-corrected chi connectivity index (χ1v) is 8.49. The van der Waals surface area contributed by atoms with Crippen molar-refractivity contribution in [1.29, 1.82) is 0 Å². The van der Waals surface area contributed by atoms with E-state index in [0.29, 0.717) is 11.6 Å². The molecule has 1 aromatic rings. The van der Waals surface area contributed by atoms with Gasteiger partial charge >= 0.3 is 0 Å². The molecule has 2 saturated heterocycles. The van der Waals surface area contributed by atoms with Crippen molar-refractivity contribution in [3.63, 3.8) is 0 Å². The minimum absolute atomic E-state index is 0.0489. The zero-order chi connectivity index (χ0) is 14.8. The van der Waals surface area contributed by atoms with Crippen molar-refractivity contribution in [3.05, 3.63) is 28.2 Å². The number of carbonyl (C=O) groups excluding carboxylic acids is 1. The lowest BCUT2D eigenvalue weighted by Crippen LogP contribution is -2.52. The number of halogens is 1. The fraction of sp³-hybridized carbons (Fsp3) is 0.562. The van der Waals surface area contributed by atoms with E-state index in [1.165, 1.54) is 12.8 Å². The molecule has 5 heteroatoms. The van der Waals surface area contributed by atoms with Gasteiger partial charge in [-0.05, 0) is 56.8 Å². The van der Waals surface area contributed by atoms with Gasteiger partial charge in [0.1, 0.15) is 5.75 Å². The van der Waals surface area contributed by atoms with Gasteiger partial charge in [-0.2, -0.15) is 0 Å². The Morgan fingerprint density at radius 3 is 2.90 bits per heavy atom. The molecule has 2 aliphatic heterocycles. The van der Waals surface area contributed by atoms with Crippen LogP contribution in [0.1, 0.15) is 42.5 Å². The molecule has 1 aromatic carbocycles. The molecule has 2 aliphatic rings. The Labute approximate surface area is 133 Å². The van der Waals surface area contributed by atoms with Crippen molar-refractivity contribution < 1.29 is 9.90 Å². The molecule has 0 spiro atoms. The number of aromatic hydroxyl groups is 1. The predicted molar refractivity (Wildman–Crippen MR) is 85.5 cm³/mol. The summed E-state index contributed by atoms with van der Waals surface area (Å²) in [4.78, 5) is 14.8. The Balaban J connectivity index is 1.85. The fourth-order valence-corrected chi connectivity index (χ4v) is 3.86. The van der Waals surface area contributed by atoms with E-state index < -0.39 is 0 Å². The maximum Gasteiger partial charge on any atom is 0.257 e. The van der Waals surface area contributed by atoms with E-state index in [-0.39, 0.29) is 17.7 Å². The van der Waals surface area contributed by atoms with E-state index >= 15 is 0 Å². The first-order chi connectivity index (χ1) is 10.2. The Morgan fingerprint density at radius 1 is 1.29 bits per heavy atom. The molecule has 3 rings (SSSR count). The van der Waals surface area contributed by atoms with Crippen LogP contribution < -0.4 is 5.32 Å². The molecule has 0 aromatic heterocycles. The Hall–Kier alpha value is -1.07. The van der Waals surface area contributed by atoms with Gasteiger partial charge in [0, 0.05) is 23.1 Å². The predicted octanol–water partition coefficient (Wildman–Crippen LogP) is 2.90. The Bertz CT molecular complexity index is 529. The molecule has 0 radical (unpaired) electrons. The quantitative estimate of drug-likeness (QED) is 0.860. The van der Waals surface area contributed by atoms with Crippen LogP contribution in [0.2, 0.25) is 0 Å². The van der Waals surface area contributed by atoms with Crippen LogP contribution in [0, 0.1) is 0 Å².